The van der Waals surface area contributed by atoms with Gasteiger partial charge >= 0.3 is 0 Å². The second-order valence-corrected chi connectivity index (χ2v) is 7.07. The first kappa shape index (κ1) is 20.6. The smallest absolute Gasteiger partial charge is 0.191 e. The van der Waals surface area contributed by atoms with Gasteiger partial charge in [0.25, 0.3) is 0 Å². The van der Waals surface area contributed by atoms with Gasteiger partial charge in [-0.2, -0.15) is 0 Å². The Morgan fingerprint density at radius 1 is 1.23 bits per heavy atom. The number of nitrogens with one attached hydrogen (secondary N) is 2. The number of hydrogen-bond donors (Lipinski definition) is 2. The van der Waals surface area contributed by atoms with E-state index in [1.54, 1.807) is 7.11 Å². The summed E-state index contributed by atoms with van der Waals surface area (Å²) in [5, 5.41) is 6.81. The van der Waals surface area contributed by atoms with E-state index in [0.29, 0.717) is 0 Å². The van der Waals surface area contributed by atoms with Gasteiger partial charge in [-0.05, 0) is 39.2 Å². The molecule has 0 aromatic heterocycles. The Morgan fingerprint density at radius 3 is 2.65 bits per heavy atom. The van der Waals surface area contributed by atoms with Crippen molar-refractivity contribution < 1.29 is 9.47 Å². The molecule has 26 heavy (non-hydrogen) atoms. The van der Waals surface area contributed by atoms with E-state index in [9.17, 15) is 0 Å². The van der Waals surface area contributed by atoms with Crippen molar-refractivity contribution in [3.8, 4) is 5.75 Å². The van der Waals surface area contributed by atoms with E-state index in [1.165, 1.54) is 17.5 Å². The highest BCUT2D eigenvalue weighted by atomic mass is 16.5. The van der Waals surface area contributed by atoms with Crippen molar-refractivity contribution in [3.63, 3.8) is 0 Å². The minimum absolute atomic E-state index is 0.0390. The van der Waals surface area contributed by atoms with E-state index in [-0.39, 0.29) is 5.41 Å². The van der Waals surface area contributed by atoms with Crippen LogP contribution in [-0.4, -0.2) is 45.9 Å². The molecule has 1 aromatic carbocycles. The topological polar surface area (TPSA) is 54.9 Å². The fourth-order valence-electron chi connectivity index (χ4n) is 3.47. The van der Waals surface area contributed by atoms with Crippen LogP contribution in [0.2, 0.25) is 0 Å². The molecule has 1 heterocycles. The van der Waals surface area contributed by atoms with Crippen molar-refractivity contribution >= 4 is 5.96 Å². The Bertz CT molecular complexity index is 581. The van der Waals surface area contributed by atoms with E-state index in [2.05, 4.69) is 49.6 Å². The van der Waals surface area contributed by atoms with Gasteiger partial charge in [0.1, 0.15) is 5.75 Å². The number of hydrogen-bond acceptors (Lipinski definition) is 3. The predicted octanol–water partition coefficient (Wildman–Crippen LogP) is 3.41. The van der Waals surface area contributed by atoms with Gasteiger partial charge in [0.15, 0.2) is 5.96 Å². The first-order chi connectivity index (χ1) is 12.6. The van der Waals surface area contributed by atoms with Crippen molar-refractivity contribution in [3.05, 3.63) is 29.3 Å². The van der Waals surface area contributed by atoms with Gasteiger partial charge in [0.2, 0.25) is 0 Å². The summed E-state index contributed by atoms with van der Waals surface area (Å²) in [6.45, 7) is 10.5. The van der Waals surface area contributed by atoms with E-state index in [4.69, 9.17) is 14.5 Å². The molecule has 0 amide bonds. The molecule has 0 bridgehead atoms. The Hall–Kier alpha value is -1.75. The number of benzene rings is 1. The van der Waals surface area contributed by atoms with E-state index in [0.717, 1.165) is 63.8 Å². The minimum atomic E-state index is -0.0390. The first-order valence-corrected chi connectivity index (χ1v) is 9.90. The highest BCUT2D eigenvalue weighted by Crippen LogP contribution is 2.40. The second kappa shape index (κ2) is 10.4. The molecular weight excluding hydrogens is 326 g/mol. The molecule has 2 N–H and O–H groups in total. The van der Waals surface area contributed by atoms with Crippen LogP contribution >= 0.6 is 0 Å². The van der Waals surface area contributed by atoms with Crippen LogP contribution in [0.25, 0.3) is 0 Å². The molecule has 1 aromatic rings. The molecule has 1 saturated heterocycles. The number of guanidine groups is 1. The van der Waals surface area contributed by atoms with Crippen molar-refractivity contribution in [2.45, 2.75) is 51.9 Å². The molecule has 0 aliphatic carbocycles. The van der Waals surface area contributed by atoms with E-state index in [1.807, 2.05) is 0 Å². The molecule has 1 fully saturated rings. The molecular formula is C21H35N3O2. The average molecular weight is 362 g/mol. The third kappa shape index (κ3) is 5.37. The van der Waals surface area contributed by atoms with Crippen molar-refractivity contribution in [1.29, 1.82) is 0 Å². The predicted molar refractivity (Wildman–Crippen MR) is 108 cm³/mol. The Kier molecular flexibility index (Phi) is 8.23. The highest BCUT2D eigenvalue weighted by molar-refractivity contribution is 5.79. The summed E-state index contributed by atoms with van der Waals surface area (Å²) < 4.78 is 11.4. The molecule has 0 radical (unpaired) electrons. The third-order valence-electron chi connectivity index (χ3n) is 5.08. The first-order valence-electron chi connectivity index (χ1n) is 9.90. The van der Waals surface area contributed by atoms with Gasteiger partial charge in [0, 0.05) is 37.3 Å². The summed E-state index contributed by atoms with van der Waals surface area (Å²) in [5.74, 6) is 1.86. The number of unbranched alkanes of at least 4 members (excludes halogenated alkanes) is 1. The number of rotatable bonds is 8. The second-order valence-electron chi connectivity index (χ2n) is 7.07. The minimum Gasteiger partial charge on any atom is -0.496 e. The molecule has 0 unspecified atom stereocenters. The SMILES string of the molecule is CCCCNC(=NCC1(c2cc(C)ccc2OC)CCOCC1)NCC. The van der Waals surface area contributed by atoms with Crippen molar-refractivity contribution in [2.24, 2.45) is 4.99 Å². The van der Waals surface area contributed by atoms with Crippen LogP contribution in [0.4, 0.5) is 0 Å². The van der Waals surface area contributed by atoms with Crippen LogP contribution in [-0.2, 0) is 10.2 Å². The zero-order chi connectivity index (χ0) is 18.8. The Morgan fingerprint density at radius 2 is 2.00 bits per heavy atom. The van der Waals surface area contributed by atoms with Crippen LogP contribution in [0, 0.1) is 6.92 Å². The molecule has 146 valence electrons. The third-order valence-corrected chi connectivity index (χ3v) is 5.08. The fourth-order valence-corrected chi connectivity index (χ4v) is 3.47. The van der Waals surface area contributed by atoms with Gasteiger partial charge in [0.05, 0.1) is 13.7 Å². The number of nitrogens with zero attached hydrogens (tertiary/aromatic N) is 1. The van der Waals surface area contributed by atoms with E-state index >= 15 is 0 Å². The molecule has 1 aliphatic rings. The zero-order valence-corrected chi connectivity index (χ0v) is 16.9. The average Bonchev–Trinajstić information content (AvgIpc) is 2.67. The fraction of sp³-hybridized carbons (Fsp3) is 0.667. The molecule has 2 rings (SSSR count). The maximum atomic E-state index is 5.69. The maximum absolute atomic E-state index is 5.69. The van der Waals surface area contributed by atoms with E-state index < -0.39 is 0 Å². The Balaban J connectivity index is 2.28. The van der Waals surface area contributed by atoms with Gasteiger partial charge in [-0.3, -0.25) is 4.99 Å². The summed E-state index contributed by atoms with van der Waals surface area (Å²) in [7, 11) is 1.75. The number of aryl methyl sites for hydroxylation is 1. The number of ether oxygens (including phenoxy) is 2. The summed E-state index contributed by atoms with van der Waals surface area (Å²) in [6, 6.07) is 6.45. The molecule has 5 heteroatoms. The van der Waals surface area contributed by atoms with Crippen molar-refractivity contribution in [2.75, 3.05) is 40.0 Å². The molecule has 0 atom stereocenters. The van der Waals surface area contributed by atoms with Gasteiger partial charge in [-0.25, -0.2) is 0 Å². The van der Waals surface area contributed by atoms with Crippen LogP contribution in [0.5, 0.6) is 5.75 Å². The largest absolute Gasteiger partial charge is 0.496 e. The van der Waals surface area contributed by atoms with Crippen molar-refractivity contribution in [1.82, 2.24) is 10.6 Å². The monoisotopic (exact) mass is 361 g/mol. The van der Waals surface area contributed by atoms with Crippen LogP contribution in [0.3, 0.4) is 0 Å². The van der Waals surface area contributed by atoms with Gasteiger partial charge < -0.3 is 20.1 Å². The molecule has 1 aliphatic heterocycles. The van der Waals surface area contributed by atoms with Crippen LogP contribution in [0.1, 0.15) is 50.7 Å². The number of aliphatic imine (C=N–C) groups is 1. The lowest BCUT2D eigenvalue weighted by molar-refractivity contribution is 0.0522. The lowest BCUT2D eigenvalue weighted by atomic mass is 9.73. The molecule has 0 spiro atoms. The number of methoxy groups -OCH3 is 1. The van der Waals surface area contributed by atoms with Gasteiger partial charge in [-0.15, -0.1) is 0 Å². The summed E-state index contributed by atoms with van der Waals surface area (Å²) >= 11 is 0. The van der Waals surface area contributed by atoms with Crippen LogP contribution < -0.4 is 15.4 Å². The lowest BCUT2D eigenvalue weighted by Gasteiger charge is -2.37. The quantitative estimate of drug-likeness (QED) is 0.423. The summed E-state index contributed by atoms with van der Waals surface area (Å²) in [5.41, 5.74) is 2.47. The van der Waals surface area contributed by atoms with Gasteiger partial charge in [-0.1, -0.05) is 31.0 Å². The molecule has 5 nitrogen and oxygen atoms in total. The maximum Gasteiger partial charge on any atom is 0.191 e. The lowest BCUT2D eigenvalue weighted by Crippen LogP contribution is -2.41. The standard InChI is InChI=1S/C21H35N3O2/c1-5-7-12-23-20(22-6-2)24-16-21(10-13-26-14-11-21)18-15-17(3)8-9-19(18)25-4/h8-9,15H,5-7,10-14,16H2,1-4H3,(H2,22,23,24). The highest BCUT2D eigenvalue weighted by Gasteiger charge is 2.37. The molecule has 0 saturated carbocycles. The van der Waals surface area contributed by atoms with Crippen LogP contribution in [0.15, 0.2) is 23.2 Å². The summed E-state index contributed by atoms with van der Waals surface area (Å²) in [4.78, 5) is 4.95. The Labute approximate surface area is 158 Å². The zero-order valence-electron chi connectivity index (χ0n) is 16.9. The summed E-state index contributed by atoms with van der Waals surface area (Å²) in [6.07, 6.45) is 4.25. The normalized spacial score (nSPS) is 17.0.